The zero-order chi connectivity index (χ0) is 21.4. The maximum absolute atomic E-state index is 13.3. The monoisotopic (exact) mass is 418 g/mol. The molecule has 0 radical (unpaired) electrons. The summed E-state index contributed by atoms with van der Waals surface area (Å²) in [7, 11) is 0. The number of anilines is 2. The van der Waals surface area contributed by atoms with Gasteiger partial charge in [-0.25, -0.2) is 24.3 Å². The highest BCUT2D eigenvalue weighted by atomic mass is 19.1. The highest BCUT2D eigenvalue weighted by Gasteiger charge is 2.34. The van der Waals surface area contributed by atoms with Crippen LogP contribution in [-0.2, 0) is 17.8 Å². The van der Waals surface area contributed by atoms with E-state index >= 15 is 0 Å². The summed E-state index contributed by atoms with van der Waals surface area (Å²) in [5, 5.41) is 0. The Morgan fingerprint density at radius 3 is 2.65 bits per heavy atom. The molecule has 0 spiro atoms. The van der Waals surface area contributed by atoms with Gasteiger partial charge in [0.1, 0.15) is 11.6 Å². The van der Waals surface area contributed by atoms with E-state index in [1.54, 1.807) is 35.5 Å². The number of hydrogen-bond donors (Lipinski definition) is 0. The number of nitrogens with zero attached hydrogens (tertiary/aromatic N) is 6. The Labute approximate surface area is 180 Å². The lowest BCUT2D eigenvalue weighted by molar-refractivity contribution is -0.119. The first-order valence-electron chi connectivity index (χ1n) is 10.6. The van der Waals surface area contributed by atoms with Crippen LogP contribution in [0.15, 0.2) is 42.7 Å². The van der Waals surface area contributed by atoms with Crippen LogP contribution in [0.5, 0.6) is 0 Å². The fraction of sp³-hybridized carbons (Fsp3) is 0.348. The Morgan fingerprint density at radius 1 is 1.10 bits per heavy atom. The van der Waals surface area contributed by atoms with Crippen LogP contribution in [0, 0.1) is 12.7 Å². The van der Waals surface area contributed by atoms with Crippen LogP contribution in [0.1, 0.15) is 47.9 Å². The quantitative estimate of drug-likeness (QED) is 0.645. The number of aromatic nitrogens is 4. The maximum Gasteiger partial charge on any atom is 0.228 e. The average Bonchev–Trinajstić information content (AvgIpc) is 3.28. The first-order chi connectivity index (χ1) is 15.1. The molecule has 0 saturated carbocycles. The summed E-state index contributed by atoms with van der Waals surface area (Å²) in [4.78, 5) is 35.2. The van der Waals surface area contributed by atoms with Crippen molar-refractivity contribution in [3.8, 4) is 0 Å². The van der Waals surface area contributed by atoms with E-state index in [9.17, 15) is 9.18 Å². The van der Waals surface area contributed by atoms with Gasteiger partial charge in [-0.1, -0.05) is 12.1 Å². The molecule has 8 heteroatoms. The zero-order valence-electron chi connectivity index (χ0n) is 17.3. The van der Waals surface area contributed by atoms with E-state index in [4.69, 9.17) is 9.97 Å². The number of aryl methyl sites for hydroxylation is 1. The predicted molar refractivity (Wildman–Crippen MR) is 114 cm³/mol. The van der Waals surface area contributed by atoms with E-state index in [0.29, 0.717) is 37.0 Å². The molecule has 5 rings (SSSR count). The van der Waals surface area contributed by atoms with Crippen LogP contribution in [0.3, 0.4) is 0 Å². The second-order valence-corrected chi connectivity index (χ2v) is 7.98. The minimum Gasteiger partial charge on any atom is -0.331 e. The highest BCUT2D eigenvalue weighted by molar-refractivity contribution is 5.95. The van der Waals surface area contributed by atoms with Crippen molar-refractivity contribution in [3.05, 3.63) is 71.2 Å². The van der Waals surface area contributed by atoms with Crippen LogP contribution in [0.2, 0.25) is 0 Å². The third-order valence-electron chi connectivity index (χ3n) is 5.97. The lowest BCUT2D eigenvalue weighted by atomic mass is 10.0. The van der Waals surface area contributed by atoms with E-state index < -0.39 is 0 Å². The molecule has 3 aromatic rings. The lowest BCUT2D eigenvalue weighted by Crippen LogP contribution is -2.37. The summed E-state index contributed by atoms with van der Waals surface area (Å²) >= 11 is 0. The van der Waals surface area contributed by atoms with Crippen molar-refractivity contribution in [3.63, 3.8) is 0 Å². The average molecular weight is 418 g/mol. The molecule has 1 aromatic carbocycles. The fourth-order valence-electron chi connectivity index (χ4n) is 4.40. The van der Waals surface area contributed by atoms with Gasteiger partial charge < -0.3 is 4.90 Å². The van der Waals surface area contributed by atoms with Crippen molar-refractivity contribution >= 4 is 17.7 Å². The summed E-state index contributed by atoms with van der Waals surface area (Å²) in [6.07, 6.45) is 6.43. The zero-order valence-corrected chi connectivity index (χ0v) is 17.3. The molecule has 7 nitrogen and oxygen atoms in total. The van der Waals surface area contributed by atoms with Crippen molar-refractivity contribution in [1.82, 2.24) is 19.9 Å². The molecule has 158 valence electrons. The molecular weight excluding hydrogens is 395 g/mol. The molecule has 4 heterocycles. The molecule has 2 aliphatic heterocycles. The van der Waals surface area contributed by atoms with Crippen LogP contribution >= 0.6 is 0 Å². The topological polar surface area (TPSA) is 75.1 Å². The van der Waals surface area contributed by atoms with Gasteiger partial charge in [-0.2, -0.15) is 0 Å². The Balaban J connectivity index is 1.52. The van der Waals surface area contributed by atoms with Gasteiger partial charge in [0.2, 0.25) is 11.9 Å². The standard InChI is InChI=1S/C23H23FN6O/c1-15-18-9-10-20(31)30(14-16-5-7-17(24)8-6-16)22(18)28-21(27-15)19-4-2-13-29(19)23-25-11-3-12-26-23/h3,5-8,11-12,19H,2,4,9-10,13-14H2,1H3/t19-/m0/s1. The molecule has 2 aliphatic rings. The number of benzene rings is 1. The first-order valence-corrected chi connectivity index (χ1v) is 10.6. The third-order valence-corrected chi connectivity index (χ3v) is 5.97. The van der Waals surface area contributed by atoms with Gasteiger partial charge >= 0.3 is 0 Å². The summed E-state index contributed by atoms with van der Waals surface area (Å²) < 4.78 is 13.3. The van der Waals surface area contributed by atoms with Crippen molar-refractivity contribution in [2.45, 2.75) is 45.2 Å². The molecule has 0 bridgehead atoms. The van der Waals surface area contributed by atoms with E-state index in [0.717, 1.165) is 36.2 Å². The van der Waals surface area contributed by atoms with E-state index in [1.807, 2.05) is 6.92 Å². The summed E-state index contributed by atoms with van der Waals surface area (Å²) in [6, 6.07) is 8.01. The van der Waals surface area contributed by atoms with Crippen LogP contribution in [0.4, 0.5) is 16.2 Å². The molecule has 1 amide bonds. The van der Waals surface area contributed by atoms with Crippen molar-refractivity contribution in [1.29, 1.82) is 0 Å². The summed E-state index contributed by atoms with van der Waals surface area (Å²) in [5.41, 5.74) is 2.77. The number of hydrogen-bond acceptors (Lipinski definition) is 6. The second-order valence-electron chi connectivity index (χ2n) is 7.98. The predicted octanol–water partition coefficient (Wildman–Crippen LogP) is 3.54. The summed E-state index contributed by atoms with van der Waals surface area (Å²) in [6.45, 7) is 3.18. The molecule has 0 aliphatic carbocycles. The van der Waals surface area contributed by atoms with Gasteiger partial charge in [0.25, 0.3) is 0 Å². The third kappa shape index (κ3) is 3.73. The number of carbonyl (C=O) groups is 1. The molecule has 31 heavy (non-hydrogen) atoms. The molecule has 1 fully saturated rings. The molecule has 2 aromatic heterocycles. The number of fused-ring (bicyclic) bond motifs is 1. The van der Waals surface area contributed by atoms with Crippen molar-refractivity contribution in [2.24, 2.45) is 0 Å². The van der Waals surface area contributed by atoms with E-state index in [2.05, 4.69) is 14.9 Å². The molecule has 0 unspecified atom stereocenters. The van der Waals surface area contributed by atoms with E-state index in [-0.39, 0.29) is 17.8 Å². The Kier molecular flexibility index (Phi) is 5.05. The van der Waals surface area contributed by atoms with Gasteiger partial charge in [0.15, 0.2) is 5.82 Å². The largest absolute Gasteiger partial charge is 0.331 e. The van der Waals surface area contributed by atoms with Gasteiger partial charge in [0, 0.05) is 36.6 Å². The van der Waals surface area contributed by atoms with Gasteiger partial charge in [-0.05, 0) is 49.9 Å². The molecule has 0 N–H and O–H groups in total. The molecular formula is C23H23FN6O. The first kappa shape index (κ1) is 19.5. The maximum atomic E-state index is 13.3. The van der Waals surface area contributed by atoms with Gasteiger partial charge in [0.05, 0.1) is 12.6 Å². The highest BCUT2D eigenvalue weighted by Crippen LogP contribution is 2.36. The Hall–Kier alpha value is -3.42. The van der Waals surface area contributed by atoms with Crippen LogP contribution in [-0.4, -0.2) is 32.4 Å². The number of amides is 1. The second kappa shape index (κ2) is 8.02. The number of halogens is 1. The number of carbonyl (C=O) groups excluding carboxylic acids is 1. The van der Waals surface area contributed by atoms with Gasteiger partial charge in [-0.15, -0.1) is 0 Å². The Morgan fingerprint density at radius 2 is 1.87 bits per heavy atom. The smallest absolute Gasteiger partial charge is 0.228 e. The normalized spacial score (nSPS) is 18.4. The fourth-order valence-corrected chi connectivity index (χ4v) is 4.40. The lowest BCUT2D eigenvalue weighted by Gasteiger charge is -2.31. The van der Waals surface area contributed by atoms with E-state index in [1.165, 1.54) is 12.1 Å². The van der Waals surface area contributed by atoms with Crippen LogP contribution < -0.4 is 9.80 Å². The van der Waals surface area contributed by atoms with Crippen molar-refractivity contribution < 1.29 is 9.18 Å². The van der Waals surface area contributed by atoms with Crippen molar-refractivity contribution in [2.75, 3.05) is 16.3 Å². The minimum absolute atomic E-state index is 0.0237. The SMILES string of the molecule is Cc1nc([C@@H]2CCCN2c2ncccn2)nc2c1CCC(=O)N2Cc1ccc(F)cc1. The minimum atomic E-state index is -0.293. The molecule has 1 saturated heterocycles. The van der Waals surface area contributed by atoms with Crippen LogP contribution in [0.25, 0.3) is 0 Å². The number of rotatable bonds is 4. The van der Waals surface area contributed by atoms with Gasteiger partial charge in [-0.3, -0.25) is 9.69 Å². The molecule has 1 atom stereocenters. The summed E-state index contributed by atoms with van der Waals surface area (Å²) in [5.74, 6) is 1.77. The Bertz CT molecular complexity index is 1110.